The van der Waals surface area contributed by atoms with Crippen molar-refractivity contribution in [3.8, 4) is 0 Å². The van der Waals surface area contributed by atoms with E-state index in [1.807, 2.05) is 0 Å². The Labute approximate surface area is 55.5 Å². The minimum Gasteiger partial charge on any atom is -0.412 e. The third-order valence-corrected chi connectivity index (χ3v) is 0. The smallest absolute Gasteiger partial charge is 0 e. The molecule has 0 rings (SSSR count). The summed E-state index contributed by atoms with van der Waals surface area (Å²) in [5, 5.41) is 0. The van der Waals surface area contributed by atoms with E-state index in [1.54, 1.807) is 0 Å². The van der Waals surface area contributed by atoms with Crippen LogP contribution in [0.1, 0.15) is 0 Å². The van der Waals surface area contributed by atoms with Crippen molar-refractivity contribution in [2.75, 3.05) is 0 Å². The zero-order valence-corrected chi connectivity index (χ0v) is 5.74. The van der Waals surface area contributed by atoms with Crippen LogP contribution in [-0.2, 0) is 39.1 Å². The van der Waals surface area contributed by atoms with Crippen molar-refractivity contribution in [3.63, 3.8) is 0 Å². The Bertz CT molecular complexity index is 8.00. The third-order valence-electron chi connectivity index (χ3n) is 0. The van der Waals surface area contributed by atoms with Crippen LogP contribution < -0.4 is 0 Å². The second-order valence-corrected chi connectivity index (χ2v) is 0. The first kappa shape index (κ1) is 52.4. The number of hydrogen-bond acceptors (Lipinski definition) is 0. The van der Waals surface area contributed by atoms with E-state index in [1.165, 1.54) is 0 Å². The summed E-state index contributed by atoms with van der Waals surface area (Å²) in [6.07, 6.45) is 0. The van der Waals surface area contributed by atoms with Gasteiger partial charge in [-0.15, -0.1) is 0 Å². The van der Waals surface area contributed by atoms with Gasteiger partial charge < -0.3 is 5.48 Å². The van der Waals surface area contributed by atoms with E-state index in [0.29, 0.717) is 0 Å². The first-order valence-corrected chi connectivity index (χ1v) is 0. The van der Waals surface area contributed by atoms with Gasteiger partial charge >= 0.3 is 0 Å². The van der Waals surface area contributed by atoms with Crippen LogP contribution in [0.15, 0.2) is 0 Å². The normalized spacial score (nSPS) is 0. The average Bonchev–Trinajstić information content (AvgIpc) is 0. The number of rotatable bonds is 0. The topological polar surface area (TPSA) is 31.5 Å². The molecule has 0 aliphatic rings. The average molecular weight is 146 g/mol. The molecule has 2 N–H and O–H groups in total. The summed E-state index contributed by atoms with van der Waals surface area (Å²) in [5.74, 6) is 0. The van der Waals surface area contributed by atoms with Crippen LogP contribution in [0.5, 0.6) is 0 Å². The zero-order valence-electron chi connectivity index (χ0n) is 1.91. The summed E-state index contributed by atoms with van der Waals surface area (Å²) in [6.45, 7) is 0. The Morgan fingerprint density at radius 3 is 1.00 bits per heavy atom. The molecule has 0 aliphatic carbocycles. The molecule has 22 valence electrons. The maximum atomic E-state index is 0. The number of hydrogen-bond donors (Lipinski definition) is 0. The Morgan fingerprint density at radius 2 is 1.00 bits per heavy atom. The molecule has 1 nitrogen and oxygen atoms in total. The molecule has 0 bridgehead atoms. The Balaban J connectivity index is 0. The van der Waals surface area contributed by atoms with Gasteiger partial charge in [-0.1, -0.05) is 0 Å². The van der Waals surface area contributed by atoms with E-state index in [-0.39, 0.29) is 55.5 Å². The Kier molecular flexibility index (Phi) is 335. The van der Waals surface area contributed by atoms with Crippen LogP contribution in [0.4, 0.5) is 0 Å². The van der Waals surface area contributed by atoms with E-state index in [0.717, 1.165) is 0 Å². The summed E-state index contributed by atoms with van der Waals surface area (Å²) in [6, 6.07) is 0. The SMILES string of the molecule is O.[Cr].[Si].[Ti]. The summed E-state index contributed by atoms with van der Waals surface area (Å²) < 4.78 is 0. The van der Waals surface area contributed by atoms with E-state index in [4.69, 9.17) is 0 Å². The standard InChI is InChI=1S/Cr.H2O.Si.Ti/h;1H2;;. The minimum absolute atomic E-state index is 0. The second kappa shape index (κ2) is 25.6. The van der Waals surface area contributed by atoms with Crippen LogP contribution in [0.25, 0.3) is 0 Å². The van der Waals surface area contributed by atoms with Crippen molar-refractivity contribution in [3.05, 3.63) is 0 Å². The predicted octanol–water partition coefficient (Wildman–Crippen LogP) is -1.21. The molecule has 0 aromatic carbocycles. The molecule has 0 aromatic rings. The molecule has 0 spiro atoms. The maximum Gasteiger partial charge on any atom is 0 e. The molecule has 0 heterocycles. The van der Waals surface area contributed by atoms with Gasteiger partial charge in [0.2, 0.25) is 0 Å². The molecular formula is H2CrOSiTi. The Hall–Kier alpha value is 1.42. The van der Waals surface area contributed by atoms with Gasteiger partial charge in [-0.05, 0) is 0 Å². The van der Waals surface area contributed by atoms with Crippen molar-refractivity contribution in [1.29, 1.82) is 0 Å². The molecule has 0 amide bonds. The molecule has 4 heteroatoms. The molecule has 0 aromatic heterocycles. The molecule has 0 saturated heterocycles. The monoisotopic (exact) mass is 146 g/mol. The van der Waals surface area contributed by atoms with Crippen LogP contribution in [0, 0.1) is 0 Å². The molecule has 4 heavy (non-hydrogen) atoms. The van der Waals surface area contributed by atoms with Crippen LogP contribution in [-0.4, -0.2) is 16.4 Å². The van der Waals surface area contributed by atoms with Gasteiger partial charge in [-0.25, -0.2) is 0 Å². The largest absolute Gasteiger partial charge is 0.412 e. The van der Waals surface area contributed by atoms with Gasteiger partial charge in [0.1, 0.15) is 0 Å². The molecule has 0 fully saturated rings. The fourth-order valence-corrected chi connectivity index (χ4v) is 0. The molecule has 0 unspecified atom stereocenters. The Morgan fingerprint density at radius 1 is 1.00 bits per heavy atom. The maximum absolute atomic E-state index is 0. The molecule has 4 radical (unpaired) electrons. The van der Waals surface area contributed by atoms with Crippen molar-refractivity contribution in [2.24, 2.45) is 0 Å². The minimum atomic E-state index is 0. The first-order valence-electron chi connectivity index (χ1n) is 0. The predicted molar refractivity (Wildman–Crippen MR) is 9.37 cm³/mol. The van der Waals surface area contributed by atoms with Crippen LogP contribution in [0.2, 0.25) is 0 Å². The van der Waals surface area contributed by atoms with Gasteiger partial charge in [0, 0.05) is 50.0 Å². The van der Waals surface area contributed by atoms with Crippen molar-refractivity contribution in [1.82, 2.24) is 0 Å². The van der Waals surface area contributed by atoms with Gasteiger partial charge in [0.05, 0.1) is 0 Å². The van der Waals surface area contributed by atoms with E-state index < -0.39 is 0 Å². The first-order chi connectivity index (χ1) is 0. The summed E-state index contributed by atoms with van der Waals surface area (Å²) in [4.78, 5) is 0. The third kappa shape index (κ3) is 9.92. The second-order valence-electron chi connectivity index (χ2n) is 0. The fraction of sp³-hybridized carbons (Fsp3) is 0. The quantitative estimate of drug-likeness (QED) is 0.384. The summed E-state index contributed by atoms with van der Waals surface area (Å²) in [5.41, 5.74) is 0. The van der Waals surface area contributed by atoms with E-state index >= 15 is 0 Å². The van der Waals surface area contributed by atoms with Gasteiger partial charge in [-0.2, -0.15) is 0 Å². The van der Waals surface area contributed by atoms with Crippen LogP contribution >= 0.6 is 0 Å². The van der Waals surface area contributed by atoms with Crippen molar-refractivity contribution >= 4 is 11.0 Å². The zero-order chi connectivity index (χ0) is 0. The molecular weight excluding hydrogens is 144 g/mol. The summed E-state index contributed by atoms with van der Waals surface area (Å²) in [7, 11) is 0. The van der Waals surface area contributed by atoms with E-state index in [2.05, 4.69) is 0 Å². The van der Waals surface area contributed by atoms with Gasteiger partial charge in [-0.3, -0.25) is 0 Å². The molecule has 0 aliphatic heterocycles. The molecule has 0 atom stereocenters. The van der Waals surface area contributed by atoms with E-state index in [9.17, 15) is 0 Å². The fourth-order valence-electron chi connectivity index (χ4n) is 0. The molecule has 0 saturated carbocycles. The summed E-state index contributed by atoms with van der Waals surface area (Å²) >= 11 is 0. The van der Waals surface area contributed by atoms with Crippen LogP contribution in [0.3, 0.4) is 0 Å². The van der Waals surface area contributed by atoms with Gasteiger partial charge in [0.25, 0.3) is 0 Å². The van der Waals surface area contributed by atoms with Crippen molar-refractivity contribution in [2.45, 2.75) is 0 Å². The van der Waals surface area contributed by atoms with Crippen molar-refractivity contribution < 1.29 is 44.6 Å². The van der Waals surface area contributed by atoms with Gasteiger partial charge in [0.15, 0.2) is 0 Å².